The van der Waals surface area contributed by atoms with Crippen LogP contribution in [0.1, 0.15) is 31.7 Å². The first-order valence-electron chi connectivity index (χ1n) is 7.13. The van der Waals surface area contributed by atoms with E-state index in [0.29, 0.717) is 30.9 Å². The van der Waals surface area contributed by atoms with Crippen molar-refractivity contribution in [1.29, 1.82) is 0 Å². The molecule has 1 unspecified atom stereocenters. The summed E-state index contributed by atoms with van der Waals surface area (Å²) in [6.45, 7) is 2.47. The Morgan fingerprint density at radius 2 is 2.24 bits per heavy atom. The summed E-state index contributed by atoms with van der Waals surface area (Å²) in [7, 11) is -3.66. The van der Waals surface area contributed by atoms with E-state index in [1.54, 1.807) is 13.0 Å². The number of hydrogen-bond donors (Lipinski definition) is 3. The van der Waals surface area contributed by atoms with Crippen LogP contribution < -0.4 is 15.2 Å². The number of hydrogen-bond acceptors (Lipinski definition) is 5. The Kier molecular flexibility index (Phi) is 5.08. The maximum atomic E-state index is 12.4. The molecule has 0 bridgehead atoms. The number of nitrogen functional groups attached to an aromatic ring is 1. The molecule has 1 aromatic rings. The van der Waals surface area contributed by atoms with Crippen LogP contribution in [0.4, 0.5) is 5.69 Å². The van der Waals surface area contributed by atoms with Gasteiger partial charge in [-0.3, -0.25) is 0 Å². The van der Waals surface area contributed by atoms with Gasteiger partial charge in [-0.2, -0.15) is 0 Å². The summed E-state index contributed by atoms with van der Waals surface area (Å²) in [5.74, 6) is 0.415. The zero-order chi connectivity index (χ0) is 15.5. The summed E-state index contributed by atoms with van der Waals surface area (Å²) < 4.78 is 32.8. The lowest BCUT2D eigenvalue weighted by Crippen LogP contribution is -2.27. The van der Waals surface area contributed by atoms with E-state index in [-0.39, 0.29) is 11.4 Å². The quantitative estimate of drug-likeness (QED) is 0.538. The molecule has 0 radical (unpaired) electrons. The lowest BCUT2D eigenvalue weighted by molar-refractivity contribution is 0.182. The van der Waals surface area contributed by atoms with Crippen molar-refractivity contribution < 1.29 is 18.3 Å². The Labute approximate surface area is 125 Å². The molecule has 2 rings (SSSR count). The van der Waals surface area contributed by atoms with Crippen molar-refractivity contribution in [2.75, 3.05) is 18.9 Å². The molecule has 0 aromatic heterocycles. The number of nitrogens with one attached hydrogen (secondary N) is 1. The third-order valence-electron chi connectivity index (χ3n) is 3.37. The number of nitrogens with two attached hydrogens (primary N) is 1. The van der Waals surface area contributed by atoms with Crippen LogP contribution in [0, 0.1) is 0 Å². The first kappa shape index (κ1) is 16.1. The van der Waals surface area contributed by atoms with Crippen molar-refractivity contribution in [3.8, 4) is 5.75 Å². The molecule has 0 saturated heterocycles. The van der Waals surface area contributed by atoms with Gasteiger partial charge < -0.3 is 15.6 Å². The lowest BCUT2D eigenvalue weighted by atomic mass is 10.1. The van der Waals surface area contributed by atoms with Gasteiger partial charge in [0.15, 0.2) is 0 Å². The zero-order valence-electron chi connectivity index (χ0n) is 12.1. The molecule has 1 atom stereocenters. The molecule has 118 valence electrons. The Balaban J connectivity index is 2.18. The number of benzene rings is 1. The third-order valence-corrected chi connectivity index (χ3v) is 4.84. The lowest BCUT2D eigenvalue weighted by Gasteiger charge is -2.21. The van der Waals surface area contributed by atoms with Crippen LogP contribution in [0.15, 0.2) is 17.0 Å². The number of sulfonamides is 1. The highest BCUT2D eigenvalue weighted by atomic mass is 32.2. The molecule has 0 saturated carbocycles. The normalized spacial score (nSPS) is 16.1. The van der Waals surface area contributed by atoms with Crippen LogP contribution >= 0.6 is 0 Å². The number of ether oxygens (including phenoxy) is 1. The number of rotatable bonds is 6. The second-order valence-electron chi connectivity index (χ2n) is 5.35. The van der Waals surface area contributed by atoms with Crippen molar-refractivity contribution in [3.05, 3.63) is 17.7 Å². The summed E-state index contributed by atoms with van der Waals surface area (Å²) in [6, 6.07) is 3.20. The highest BCUT2D eigenvalue weighted by molar-refractivity contribution is 7.89. The summed E-state index contributed by atoms with van der Waals surface area (Å²) in [5, 5.41) is 9.18. The maximum absolute atomic E-state index is 12.4. The van der Waals surface area contributed by atoms with Gasteiger partial charge >= 0.3 is 0 Å². The Morgan fingerprint density at radius 3 is 2.95 bits per heavy atom. The fourth-order valence-electron chi connectivity index (χ4n) is 2.35. The average Bonchev–Trinajstić information content (AvgIpc) is 2.42. The van der Waals surface area contributed by atoms with E-state index in [1.807, 2.05) is 0 Å². The maximum Gasteiger partial charge on any atom is 0.244 e. The predicted octanol–water partition coefficient (Wildman–Crippen LogP) is 1.03. The Morgan fingerprint density at radius 1 is 1.48 bits per heavy atom. The summed E-state index contributed by atoms with van der Waals surface area (Å²) in [6.07, 6.45) is 2.32. The number of fused-ring (bicyclic) bond motifs is 1. The van der Waals surface area contributed by atoms with Crippen LogP contribution in [0.25, 0.3) is 0 Å². The molecule has 7 heteroatoms. The summed E-state index contributed by atoms with van der Waals surface area (Å²) in [4.78, 5) is 0.106. The summed E-state index contributed by atoms with van der Waals surface area (Å²) in [5.41, 5.74) is 7.05. The second kappa shape index (κ2) is 6.64. The molecule has 6 nitrogen and oxygen atoms in total. The molecular formula is C14H22N2O4S. The molecule has 0 fully saturated rings. The molecular weight excluding hydrogens is 292 g/mol. The fourth-order valence-corrected chi connectivity index (χ4v) is 3.65. The van der Waals surface area contributed by atoms with Gasteiger partial charge in [0, 0.05) is 12.2 Å². The minimum atomic E-state index is -3.66. The van der Waals surface area contributed by atoms with E-state index in [1.165, 1.54) is 6.07 Å². The van der Waals surface area contributed by atoms with E-state index >= 15 is 0 Å². The van der Waals surface area contributed by atoms with Crippen LogP contribution in [-0.2, 0) is 16.4 Å². The van der Waals surface area contributed by atoms with Crippen molar-refractivity contribution in [2.24, 2.45) is 0 Å². The highest BCUT2D eigenvalue weighted by Gasteiger charge is 2.24. The summed E-state index contributed by atoms with van der Waals surface area (Å²) >= 11 is 0. The Hall–Kier alpha value is -1.31. The van der Waals surface area contributed by atoms with Gasteiger partial charge in [0.1, 0.15) is 10.6 Å². The first-order valence-corrected chi connectivity index (χ1v) is 8.61. The fraction of sp³-hybridized carbons (Fsp3) is 0.571. The topological polar surface area (TPSA) is 102 Å². The molecule has 4 N–H and O–H groups in total. The van der Waals surface area contributed by atoms with E-state index in [0.717, 1.165) is 18.4 Å². The van der Waals surface area contributed by atoms with Gasteiger partial charge in [0.25, 0.3) is 0 Å². The number of anilines is 1. The minimum Gasteiger partial charge on any atom is -0.492 e. The zero-order valence-corrected chi connectivity index (χ0v) is 12.9. The van der Waals surface area contributed by atoms with Crippen LogP contribution in [0.5, 0.6) is 5.75 Å². The van der Waals surface area contributed by atoms with Crippen molar-refractivity contribution >= 4 is 15.7 Å². The van der Waals surface area contributed by atoms with Gasteiger partial charge in [-0.25, -0.2) is 13.1 Å². The number of aryl methyl sites for hydroxylation is 1. The molecule has 1 aromatic carbocycles. The smallest absolute Gasteiger partial charge is 0.244 e. The Bertz CT molecular complexity index is 599. The van der Waals surface area contributed by atoms with Gasteiger partial charge in [0.05, 0.1) is 12.7 Å². The van der Waals surface area contributed by atoms with Crippen molar-refractivity contribution in [1.82, 2.24) is 4.72 Å². The van der Waals surface area contributed by atoms with Crippen LogP contribution in [-0.4, -0.2) is 32.8 Å². The molecule has 0 aliphatic carbocycles. The van der Waals surface area contributed by atoms with E-state index in [4.69, 9.17) is 10.5 Å². The molecule has 1 aliphatic rings. The van der Waals surface area contributed by atoms with Gasteiger partial charge in [-0.15, -0.1) is 0 Å². The number of aliphatic hydroxyl groups excluding tert-OH is 1. The van der Waals surface area contributed by atoms with Crippen LogP contribution in [0.2, 0.25) is 0 Å². The van der Waals surface area contributed by atoms with E-state index in [2.05, 4.69) is 4.72 Å². The highest BCUT2D eigenvalue weighted by Crippen LogP contribution is 2.34. The monoisotopic (exact) mass is 314 g/mol. The largest absolute Gasteiger partial charge is 0.492 e. The second-order valence-corrected chi connectivity index (χ2v) is 7.08. The van der Waals surface area contributed by atoms with Gasteiger partial charge in [0.2, 0.25) is 10.0 Å². The van der Waals surface area contributed by atoms with Crippen molar-refractivity contribution in [2.45, 2.75) is 43.6 Å². The molecule has 0 spiro atoms. The average molecular weight is 314 g/mol. The molecule has 0 amide bonds. The standard InChI is InChI=1S/C14H22N2O4S/c1-10(17)4-2-6-16-21(18,19)13-9-12(15)8-11-5-3-7-20-14(11)13/h8-10,16-17H,2-7,15H2,1H3. The van der Waals surface area contributed by atoms with Gasteiger partial charge in [-0.05, 0) is 50.3 Å². The number of aliphatic hydroxyl groups is 1. The van der Waals surface area contributed by atoms with Crippen LogP contribution in [0.3, 0.4) is 0 Å². The third kappa shape index (κ3) is 4.09. The van der Waals surface area contributed by atoms with E-state index < -0.39 is 16.1 Å². The minimum absolute atomic E-state index is 0.106. The van der Waals surface area contributed by atoms with Gasteiger partial charge in [-0.1, -0.05) is 0 Å². The van der Waals surface area contributed by atoms with E-state index in [9.17, 15) is 13.5 Å². The molecule has 1 aliphatic heterocycles. The first-order chi connectivity index (χ1) is 9.90. The SMILES string of the molecule is CC(O)CCCNS(=O)(=O)c1cc(N)cc2c1OCCC2. The predicted molar refractivity (Wildman–Crippen MR) is 80.8 cm³/mol. The molecule has 1 heterocycles. The molecule has 21 heavy (non-hydrogen) atoms. The van der Waals surface area contributed by atoms with Crippen molar-refractivity contribution in [3.63, 3.8) is 0 Å².